The van der Waals surface area contributed by atoms with Crippen LogP contribution in [0.4, 0.5) is 0 Å². The zero-order valence-corrected chi connectivity index (χ0v) is 15.3. The van der Waals surface area contributed by atoms with Gasteiger partial charge in [0.25, 0.3) is 0 Å². The topological polar surface area (TPSA) is 45.6 Å². The first-order valence-corrected chi connectivity index (χ1v) is 9.34. The summed E-state index contributed by atoms with van der Waals surface area (Å²) in [5, 5.41) is 6.98. The first-order valence-electron chi connectivity index (χ1n) is 9.34. The molecule has 0 spiro atoms. The highest BCUT2D eigenvalue weighted by Crippen LogP contribution is 2.40. The second-order valence-electron chi connectivity index (χ2n) is 6.74. The van der Waals surface area contributed by atoms with Crippen LogP contribution >= 0.6 is 0 Å². The Morgan fingerprint density at radius 3 is 2.58 bits per heavy atom. The van der Waals surface area contributed by atoms with E-state index in [9.17, 15) is 0 Å². The number of guanidine groups is 1. The fourth-order valence-electron chi connectivity index (χ4n) is 3.53. The lowest BCUT2D eigenvalue weighted by molar-refractivity contribution is 0.105. The van der Waals surface area contributed by atoms with E-state index < -0.39 is 0 Å². The van der Waals surface area contributed by atoms with E-state index in [0.717, 1.165) is 45.1 Å². The monoisotopic (exact) mass is 331 g/mol. The van der Waals surface area contributed by atoms with Crippen LogP contribution < -0.4 is 10.6 Å². The van der Waals surface area contributed by atoms with E-state index in [2.05, 4.69) is 52.9 Å². The third-order valence-corrected chi connectivity index (χ3v) is 5.05. The van der Waals surface area contributed by atoms with Gasteiger partial charge in [-0.25, -0.2) is 0 Å². The summed E-state index contributed by atoms with van der Waals surface area (Å²) in [6.45, 7) is 5.64. The van der Waals surface area contributed by atoms with Crippen LogP contribution in [0.15, 0.2) is 35.3 Å². The Kier molecular flexibility index (Phi) is 8.10. The van der Waals surface area contributed by atoms with E-state index in [4.69, 9.17) is 4.74 Å². The molecule has 0 unspecified atom stereocenters. The van der Waals surface area contributed by atoms with E-state index in [1.54, 1.807) is 0 Å². The highest BCUT2D eigenvalue weighted by Gasteiger charge is 2.33. The SMILES string of the molecule is CCOCCC1(CNC(=NC)NCCc2ccccc2)CCCC1. The standard InChI is InChI=1S/C20H33N3O/c1-3-24-16-14-20(12-7-8-13-20)17-23-19(21-2)22-15-11-18-9-5-4-6-10-18/h4-6,9-10H,3,7-8,11-17H2,1-2H3,(H2,21,22,23). The van der Waals surface area contributed by atoms with E-state index in [0.29, 0.717) is 5.41 Å². The molecule has 0 amide bonds. The van der Waals surface area contributed by atoms with Gasteiger partial charge in [0, 0.05) is 33.4 Å². The fourth-order valence-corrected chi connectivity index (χ4v) is 3.53. The molecule has 0 aromatic heterocycles. The van der Waals surface area contributed by atoms with Crippen molar-refractivity contribution in [3.05, 3.63) is 35.9 Å². The molecule has 0 saturated heterocycles. The maximum Gasteiger partial charge on any atom is 0.191 e. The van der Waals surface area contributed by atoms with Crippen molar-refractivity contribution < 1.29 is 4.74 Å². The molecular weight excluding hydrogens is 298 g/mol. The van der Waals surface area contributed by atoms with E-state index in [1.165, 1.54) is 31.2 Å². The summed E-state index contributed by atoms with van der Waals surface area (Å²) in [5.74, 6) is 0.911. The molecule has 134 valence electrons. The molecule has 1 aliphatic rings. The molecule has 4 heteroatoms. The molecule has 1 aliphatic carbocycles. The van der Waals surface area contributed by atoms with Gasteiger partial charge in [-0.1, -0.05) is 43.2 Å². The lowest BCUT2D eigenvalue weighted by atomic mass is 9.83. The Hall–Kier alpha value is -1.55. The number of hydrogen-bond acceptors (Lipinski definition) is 2. The van der Waals surface area contributed by atoms with Gasteiger partial charge in [0.15, 0.2) is 5.96 Å². The molecule has 4 nitrogen and oxygen atoms in total. The molecule has 1 aromatic rings. The van der Waals surface area contributed by atoms with Crippen molar-refractivity contribution in [3.63, 3.8) is 0 Å². The minimum Gasteiger partial charge on any atom is -0.382 e. The zero-order chi connectivity index (χ0) is 17.1. The summed E-state index contributed by atoms with van der Waals surface area (Å²) >= 11 is 0. The smallest absolute Gasteiger partial charge is 0.191 e. The average Bonchev–Trinajstić information content (AvgIpc) is 3.08. The van der Waals surface area contributed by atoms with Crippen molar-refractivity contribution in [3.8, 4) is 0 Å². The van der Waals surface area contributed by atoms with Gasteiger partial charge in [0.2, 0.25) is 0 Å². The van der Waals surface area contributed by atoms with Gasteiger partial charge in [0.05, 0.1) is 0 Å². The second-order valence-corrected chi connectivity index (χ2v) is 6.74. The lowest BCUT2D eigenvalue weighted by Gasteiger charge is -2.30. The maximum atomic E-state index is 5.59. The first kappa shape index (κ1) is 18.8. The van der Waals surface area contributed by atoms with Crippen LogP contribution in [0.25, 0.3) is 0 Å². The predicted molar refractivity (Wildman–Crippen MR) is 102 cm³/mol. The molecule has 24 heavy (non-hydrogen) atoms. The Balaban J connectivity index is 1.74. The Bertz CT molecular complexity index is 481. The summed E-state index contributed by atoms with van der Waals surface area (Å²) in [7, 11) is 1.85. The molecule has 1 saturated carbocycles. The van der Waals surface area contributed by atoms with Gasteiger partial charge in [-0.2, -0.15) is 0 Å². The fraction of sp³-hybridized carbons (Fsp3) is 0.650. The zero-order valence-electron chi connectivity index (χ0n) is 15.3. The molecule has 2 rings (SSSR count). The van der Waals surface area contributed by atoms with Crippen LogP contribution in [-0.4, -0.2) is 39.3 Å². The van der Waals surface area contributed by atoms with Crippen LogP contribution in [0.2, 0.25) is 0 Å². The van der Waals surface area contributed by atoms with Gasteiger partial charge >= 0.3 is 0 Å². The average molecular weight is 332 g/mol. The molecule has 0 atom stereocenters. The van der Waals surface area contributed by atoms with Crippen molar-refractivity contribution in [1.82, 2.24) is 10.6 Å². The highest BCUT2D eigenvalue weighted by atomic mass is 16.5. The quantitative estimate of drug-likeness (QED) is 0.414. The Morgan fingerprint density at radius 2 is 1.92 bits per heavy atom. The molecule has 1 fully saturated rings. The van der Waals surface area contributed by atoms with Crippen molar-refractivity contribution in [2.45, 2.75) is 45.4 Å². The largest absolute Gasteiger partial charge is 0.382 e. The van der Waals surface area contributed by atoms with Crippen molar-refractivity contribution in [2.75, 3.05) is 33.4 Å². The van der Waals surface area contributed by atoms with Crippen LogP contribution in [0.3, 0.4) is 0 Å². The van der Waals surface area contributed by atoms with Gasteiger partial charge in [-0.3, -0.25) is 4.99 Å². The number of benzene rings is 1. The lowest BCUT2D eigenvalue weighted by Crippen LogP contribution is -2.44. The normalized spacial score (nSPS) is 17.0. The number of nitrogens with zero attached hydrogens (tertiary/aromatic N) is 1. The first-order chi connectivity index (χ1) is 11.8. The number of ether oxygens (including phenoxy) is 1. The Morgan fingerprint density at radius 1 is 1.17 bits per heavy atom. The summed E-state index contributed by atoms with van der Waals surface area (Å²) in [4.78, 5) is 4.37. The molecule has 0 radical (unpaired) electrons. The number of nitrogens with one attached hydrogen (secondary N) is 2. The summed E-state index contributed by atoms with van der Waals surface area (Å²) < 4.78 is 5.59. The van der Waals surface area contributed by atoms with Gasteiger partial charge in [-0.15, -0.1) is 0 Å². The van der Waals surface area contributed by atoms with E-state index in [1.807, 2.05) is 7.05 Å². The molecule has 0 bridgehead atoms. The van der Waals surface area contributed by atoms with Gasteiger partial charge in [0.1, 0.15) is 0 Å². The Labute approximate surface area is 147 Å². The molecule has 2 N–H and O–H groups in total. The number of rotatable bonds is 9. The van der Waals surface area contributed by atoms with Gasteiger partial charge < -0.3 is 15.4 Å². The summed E-state index contributed by atoms with van der Waals surface area (Å²) in [5.41, 5.74) is 1.73. The van der Waals surface area contributed by atoms with Crippen molar-refractivity contribution in [1.29, 1.82) is 0 Å². The predicted octanol–water partition coefficient (Wildman–Crippen LogP) is 3.38. The second kappa shape index (κ2) is 10.3. The van der Waals surface area contributed by atoms with E-state index >= 15 is 0 Å². The summed E-state index contributed by atoms with van der Waals surface area (Å²) in [6.07, 6.45) is 7.44. The van der Waals surface area contributed by atoms with Gasteiger partial charge in [-0.05, 0) is 43.6 Å². The highest BCUT2D eigenvalue weighted by molar-refractivity contribution is 5.79. The minimum atomic E-state index is 0.381. The van der Waals surface area contributed by atoms with Crippen LogP contribution in [-0.2, 0) is 11.2 Å². The maximum absolute atomic E-state index is 5.59. The van der Waals surface area contributed by atoms with Crippen LogP contribution in [0, 0.1) is 5.41 Å². The minimum absolute atomic E-state index is 0.381. The number of aliphatic imine (C=N–C) groups is 1. The van der Waals surface area contributed by atoms with Crippen LogP contribution in [0.1, 0.15) is 44.6 Å². The molecule has 0 heterocycles. The third kappa shape index (κ3) is 6.16. The summed E-state index contributed by atoms with van der Waals surface area (Å²) in [6, 6.07) is 10.6. The third-order valence-electron chi connectivity index (χ3n) is 5.05. The molecule has 1 aromatic carbocycles. The van der Waals surface area contributed by atoms with Crippen molar-refractivity contribution in [2.24, 2.45) is 10.4 Å². The molecule has 0 aliphatic heterocycles. The van der Waals surface area contributed by atoms with Crippen molar-refractivity contribution >= 4 is 5.96 Å². The molecular formula is C20H33N3O. The van der Waals surface area contributed by atoms with E-state index in [-0.39, 0.29) is 0 Å². The van der Waals surface area contributed by atoms with Crippen LogP contribution in [0.5, 0.6) is 0 Å². The number of hydrogen-bond donors (Lipinski definition) is 2.